The second-order valence-electron chi connectivity index (χ2n) is 7.28. The summed E-state index contributed by atoms with van der Waals surface area (Å²) in [5.41, 5.74) is 3.57. The topological polar surface area (TPSA) is 105 Å². The standard InChI is InChI=1S/C16H29NO6/c1-15(2,3)22-13(19)11(14(20)23-16(4,5)6)8-7-9-21-10-12(17)18/h11H,7-10H2,1-6H3,(H2,17,18). The number of primary amides is 1. The normalized spacial score (nSPS) is 12.1. The molecule has 0 rings (SSSR count). The fourth-order valence-corrected chi connectivity index (χ4v) is 1.64. The molecule has 23 heavy (non-hydrogen) atoms. The monoisotopic (exact) mass is 331 g/mol. The number of carbonyl (C=O) groups is 3. The molecule has 0 atom stereocenters. The first kappa shape index (κ1) is 21.4. The van der Waals surface area contributed by atoms with Crippen molar-refractivity contribution in [2.75, 3.05) is 13.2 Å². The molecule has 0 saturated heterocycles. The first-order chi connectivity index (χ1) is 10.3. The molecule has 0 aliphatic carbocycles. The molecule has 0 bridgehead atoms. The van der Waals surface area contributed by atoms with Crippen molar-refractivity contribution in [3.63, 3.8) is 0 Å². The smallest absolute Gasteiger partial charge is 0.320 e. The summed E-state index contributed by atoms with van der Waals surface area (Å²) in [7, 11) is 0. The van der Waals surface area contributed by atoms with Crippen molar-refractivity contribution in [2.24, 2.45) is 11.7 Å². The third-order valence-electron chi connectivity index (χ3n) is 2.41. The molecule has 1 amide bonds. The van der Waals surface area contributed by atoms with Crippen molar-refractivity contribution in [2.45, 2.75) is 65.6 Å². The number of rotatable bonds is 8. The Kier molecular flexibility index (Phi) is 8.23. The minimum absolute atomic E-state index is 0.191. The lowest BCUT2D eigenvalue weighted by Crippen LogP contribution is -2.37. The van der Waals surface area contributed by atoms with Crippen LogP contribution < -0.4 is 5.73 Å². The highest BCUT2D eigenvalue weighted by atomic mass is 16.6. The number of esters is 2. The molecule has 7 heteroatoms. The lowest BCUT2D eigenvalue weighted by atomic mass is 10.0. The Hall–Kier alpha value is -1.63. The number of carbonyl (C=O) groups excluding carboxylic acids is 3. The highest BCUT2D eigenvalue weighted by Gasteiger charge is 2.34. The van der Waals surface area contributed by atoms with Gasteiger partial charge in [-0.25, -0.2) is 0 Å². The van der Waals surface area contributed by atoms with E-state index in [2.05, 4.69) is 0 Å². The van der Waals surface area contributed by atoms with Crippen LogP contribution in [0, 0.1) is 5.92 Å². The van der Waals surface area contributed by atoms with Crippen molar-refractivity contribution in [1.82, 2.24) is 0 Å². The number of hydrogen-bond donors (Lipinski definition) is 1. The van der Waals surface area contributed by atoms with Crippen LogP contribution in [0.4, 0.5) is 0 Å². The predicted octanol–water partition coefficient (Wildman–Crippen LogP) is 1.57. The Labute approximate surface area is 137 Å². The van der Waals surface area contributed by atoms with Crippen LogP contribution in [0.1, 0.15) is 54.4 Å². The SMILES string of the molecule is CC(C)(C)OC(=O)C(CCCOCC(N)=O)C(=O)OC(C)(C)C. The second-order valence-corrected chi connectivity index (χ2v) is 7.28. The molecule has 0 fully saturated rings. The summed E-state index contributed by atoms with van der Waals surface area (Å²) < 4.78 is 15.6. The third-order valence-corrected chi connectivity index (χ3v) is 2.41. The van der Waals surface area contributed by atoms with Gasteiger partial charge in [-0.3, -0.25) is 14.4 Å². The Morgan fingerprint density at radius 2 is 1.35 bits per heavy atom. The molecule has 0 radical (unpaired) electrons. The zero-order valence-electron chi connectivity index (χ0n) is 14.9. The Morgan fingerprint density at radius 3 is 1.70 bits per heavy atom. The van der Waals surface area contributed by atoms with E-state index < -0.39 is 35.0 Å². The van der Waals surface area contributed by atoms with Crippen LogP contribution in [0.5, 0.6) is 0 Å². The van der Waals surface area contributed by atoms with Crippen LogP contribution in [0.15, 0.2) is 0 Å². The number of amides is 1. The van der Waals surface area contributed by atoms with Crippen LogP contribution in [0.2, 0.25) is 0 Å². The summed E-state index contributed by atoms with van der Waals surface area (Å²) in [6, 6.07) is 0. The first-order valence-electron chi connectivity index (χ1n) is 7.63. The summed E-state index contributed by atoms with van der Waals surface area (Å²) in [4.78, 5) is 35.0. The van der Waals surface area contributed by atoms with Gasteiger partial charge in [0.15, 0.2) is 5.92 Å². The average Bonchev–Trinajstić information content (AvgIpc) is 2.28. The molecule has 2 N–H and O–H groups in total. The molecule has 0 spiro atoms. The maximum Gasteiger partial charge on any atom is 0.320 e. The van der Waals surface area contributed by atoms with Crippen molar-refractivity contribution < 1.29 is 28.6 Å². The summed E-state index contributed by atoms with van der Waals surface area (Å²) in [5.74, 6) is -2.84. The van der Waals surface area contributed by atoms with Crippen LogP contribution in [0.25, 0.3) is 0 Å². The molecular formula is C16H29NO6. The number of hydrogen-bond acceptors (Lipinski definition) is 6. The molecular weight excluding hydrogens is 302 g/mol. The van der Waals surface area contributed by atoms with Gasteiger partial charge >= 0.3 is 11.9 Å². The van der Waals surface area contributed by atoms with Gasteiger partial charge in [0.05, 0.1) is 0 Å². The van der Waals surface area contributed by atoms with E-state index in [1.165, 1.54) is 0 Å². The van der Waals surface area contributed by atoms with E-state index in [1.807, 2.05) is 0 Å². The zero-order valence-corrected chi connectivity index (χ0v) is 14.9. The van der Waals surface area contributed by atoms with Gasteiger partial charge in [0.1, 0.15) is 17.8 Å². The summed E-state index contributed by atoms with van der Waals surface area (Å²) in [6.45, 7) is 10.4. The molecule has 134 valence electrons. The van der Waals surface area contributed by atoms with Crippen LogP contribution in [0.3, 0.4) is 0 Å². The van der Waals surface area contributed by atoms with E-state index in [4.69, 9.17) is 19.9 Å². The van der Waals surface area contributed by atoms with Crippen LogP contribution in [-0.4, -0.2) is 42.3 Å². The molecule has 0 aliphatic heterocycles. The molecule has 0 unspecified atom stereocenters. The summed E-state index contributed by atoms with van der Waals surface area (Å²) in [5, 5.41) is 0. The molecule has 0 aliphatic rings. The maximum absolute atomic E-state index is 12.2. The summed E-state index contributed by atoms with van der Waals surface area (Å²) >= 11 is 0. The highest BCUT2D eigenvalue weighted by Crippen LogP contribution is 2.19. The lowest BCUT2D eigenvalue weighted by Gasteiger charge is -2.26. The van der Waals surface area contributed by atoms with Gasteiger partial charge in [0, 0.05) is 6.61 Å². The molecule has 0 saturated carbocycles. The van der Waals surface area contributed by atoms with Crippen LogP contribution >= 0.6 is 0 Å². The van der Waals surface area contributed by atoms with Gasteiger partial charge < -0.3 is 19.9 Å². The maximum atomic E-state index is 12.2. The molecule has 7 nitrogen and oxygen atoms in total. The number of nitrogens with two attached hydrogens (primary N) is 1. The van der Waals surface area contributed by atoms with E-state index in [0.717, 1.165) is 0 Å². The molecule has 0 aromatic heterocycles. The Morgan fingerprint density at radius 1 is 0.913 bits per heavy atom. The first-order valence-corrected chi connectivity index (χ1v) is 7.63. The quantitative estimate of drug-likeness (QED) is 0.411. The molecule has 0 aromatic rings. The Balaban J connectivity index is 4.70. The van der Waals surface area contributed by atoms with E-state index in [-0.39, 0.29) is 19.6 Å². The van der Waals surface area contributed by atoms with Gasteiger partial charge in [-0.15, -0.1) is 0 Å². The minimum atomic E-state index is -1.02. The van der Waals surface area contributed by atoms with E-state index in [0.29, 0.717) is 6.42 Å². The van der Waals surface area contributed by atoms with E-state index in [1.54, 1.807) is 41.5 Å². The lowest BCUT2D eigenvalue weighted by molar-refractivity contribution is -0.175. The van der Waals surface area contributed by atoms with E-state index in [9.17, 15) is 14.4 Å². The van der Waals surface area contributed by atoms with Gasteiger partial charge in [0.2, 0.25) is 5.91 Å². The second kappa shape index (κ2) is 8.86. The van der Waals surface area contributed by atoms with Crippen molar-refractivity contribution in [1.29, 1.82) is 0 Å². The number of ether oxygens (including phenoxy) is 3. The van der Waals surface area contributed by atoms with Crippen LogP contribution in [-0.2, 0) is 28.6 Å². The van der Waals surface area contributed by atoms with Gasteiger partial charge in [-0.2, -0.15) is 0 Å². The average molecular weight is 331 g/mol. The fourth-order valence-electron chi connectivity index (χ4n) is 1.64. The summed E-state index contributed by atoms with van der Waals surface area (Å²) in [6.07, 6.45) is 0.610. The minimum Gasteiger partial charge on any atom is -0.459 e. The Bertz CT molecular complexity index is 391. The van der Waals surface area contributed by atoms with Gasteiger partial charge in [-0.1, -0.05) is 0 Å². The fraction of sp³-hybridized carbons (Fsp3) is 0.812. The van der Waals surface area contributed by atoms with Gasteiger partial charge in [0.25, 0.3) is 0 Å². The zero-order chi connectivity index (χ0) is 18.3. The van der Waals surface area contributed by atoms with E-state index >= 15 is 0 Å². The van der Waals surface area contributed by atoms with Gasteiger partial charge in [-0.05, 0) is 54.4 Å². The predicted molar refractivity (Wildman–Crippen MR) is 84.4 cm³/mol. The van der Waals surface area contributed by atoms with Crippen molar-refractivity contribution in [3.8, 4) is 0 Å². The molecule has 0 aromatic carbocycles. The van der Waals surface area contributed by atoms with Crippen molar-refractivity contribution >= 4 is 17.8 Å². The van der Waals surface area contributed by atoms with Crippen molar-refractivity contribution in [3.05, 3.63) is 0 Å². The molecule has 0 heterocycles. The largest absolute Gasteiger partial charge is 0.459 e. The third kappa shape index (κ3) is 11.6. The highest BCUT2D eigenvalue weighted by molar-refractivity contribution is 5.95.